The molecular weight excluding hydrogens is 189 g/mol. The van der Waals surface area contributed by atoms with E-state index in [9.17, 15) is 0 Å². The van der Waals surface area contributed by atoms with E-state index in [1.54, 1.807) is 0 Å². The second-order valence-electron chi connectivity index (χ2n) is 1.37. The molecule has 1 nitrogen and oxygen atoms in total. The molecule has 0 aromatic carbocycles. The number of rotatable bonds is 0. The second kappa shape index (κ2) is 4.94. The molecule has 1 rings (SSSR count). The van der Waals surface area contributed by atoms with Crippen molar-refractivity contribution in [2.24, 2.45) is 0 Å². The molecule has 0 spiro atoms. The van der Waals surface area contributed by atoms with Gasteiger partial charge in [-0.3, -0.25) is 0 Å². The van der Waals surface area contributed by atoms with E-state index in [0.29, 0.717) is 9.49 Å². The van der Waals surface area contributed by atoms with Crippen molar-refractivity contribution < 1.29 is 0 Å². The van der Waals surface area contributed by atoms with Gasteiger partial charge in [-0.25, -0.2) is 0 Å². The van der Waals surface area contributed by atoms with Crippen LogP contribution in [-0.4, -0.2) is 4.37 Å². The Morgan fingerprint density at radius 2 is 1.80 bits per heavy atom. The van der Waals surface area contributed by atoms with Crippen molar-refractivity contribution in [1.29, 1.82) is 0 Å². The third-order valence-electron chi connectivity index (χ3n) is 0.810. The number of nitrogens with zero attached hydrogens (tertiary/aromatic N) is 1. The molecule has 1 aromatic heterocycles. The van der Waals surface area contributed by atoms with Crippen LogP contribution in [0.2, 0.25) is 9.49 Å². The molecule has 58 valence electrons. The zero-order chi connectivity index (χ0) is 8.15. The number of aromatic nitrogens is 1. The lowest BCUT2D eigenvalue weighted by Gasteiger charge is -1.79. The first-order valence-electron chi connectivity index (χ1n) is 2.99. The van der Waals surface area contributed by atoms with Crippen molar-refractivity contribution in [1.82, 2.24) is 4.37 Å². The normalized spacial score (nSPS) is 8.50. The SMILES string of the molecule is CC.Cc1c(Cl)nsc1Cl. The van der Waals surface area contributed by atoms with E-state index >= 15 is 0 Å². The molecule has 0 N–H and O–H groups in total. The quantitative estimate of drug-likeness (QED) is 0.618. The summed E-state index contributed by atoms with van der Waals surface area (Å²) in [6.07, 6.45) is 0. The van der Waals surface area contributed by atoms with Crippen LogP contribution >= 0.6 is 34.7 Å². The summed E-state index contributed by atoms with van der Waals surface area (Å²) < 4.78 is 4.47. The molecule has 0 saturated heterocycles. The van der Waals surface area contributed by atoms with Gasteiger partial charge >= 0.3 is 0 Å². The standard InChI is InChI=1S/C4H3Cl2NS.C2H6/c1-2-3(5)7-8-4(2)6;1-2/h1H3;1-2H3. The molecule has 0 aliphatic heterocycles. The number of hydrogen-bond donors (Lipinski definition) is 0. The Morgan fingerprint density at radius 3 is 1.90 bits per heavy atom. The molecule has 0 radical (unpaired) electrons. The summed E-state index contributed by atoms with van der Waals surface area (Å²) in [7, 11) is 0. The van der Waals surface area contributed by atoms with Crippen LogP contribution in [0.1, 0.15) is 19.4 Å². The van der Waals surface area contributed by atoms with E-state index in [1.165, 1.54) is 11.5 Å². The summed E-state index contributed by atoms with van der Waals surface area (Å²) in [6.45, 7) is 5.84. The third kappa shape index (κ3) is 2.45. The molecule has 0 bridgehead atoms. The van der Waals surface area contributed by atoms with Gasteiger partial charge in [0.25, 0.3) is 0 Å². The molecule has 10 heavy (non-hydrogen) atoms. The maximum Gasteiger partial charge on any atom is 0.147 e. The fourth-order valence-electron chi connectivity index (χ4n) is 0.298. The lowest BCUT2D eigenvalue weighted by atomic mass is 10.4. The van der Waals surface area contributed by atoms with Gasteiger partial charge in [-0.05, 0) is 18.5 Å². The lowest BCUT2D eigenvalue weighted by molar-refractivity contribution is 1.45. The van der Waals surface area contributed by atoms with E-state index in [-0.39, 0.29) is 0 Å². The van der Waals surface area contributed by atoms with Crippen LogP contribution < -0.4 is 0 Å². The molecule has 1 aromatic rings. The first-order valence-corrected chi connectivity index (χ1v) is 4.52. The molecule has 1 heterocycles. The van der Waals surface area contributed by atoms with Crippen molar-refractivity contribution in [2.75, 3.05) is 0 Å². The summed E-state index contributed by atoms with van der Waals surface area (Å²) in [4.78, 5) is 0. The smallest absolute Gasteiger partial charge is 0.147 e. The van der Waals surface area contributed by atoms with Crippen LogP contribution in [0, 0.1) is 6.92 Å². The Hall–Kier alpha value is 0.210. The van der Waals surface area contributed by atoms with Gasteiger partial charge in [0.05, 0.1) is 0 Å². The van der Waals surface area contributed by atoms with Crippen molar-refractivity contribution in [3.63, 3.8) is 0 Å². The largest absolute Gasteiger partial charge is 0.179 e. The highest BCUT2D eigenvalue weighted by Gasteiger charge is 2.02. The highest BCUT2D eigenvalue weighted by Crippen LogP contribution is 2.26. The average molecular weight is 198 g/mol. The van der Waals surface area contributed by atoms with Gasteiger partial charge < -0.3 is 0 Å². The highest BCUT2D eigenvalue weighted by molar-refractivity contribution is 7.11. The first-order chi connectivity index (χ1) is 4.72. The van der Waals surface area contributed by atoms with E-state index in [0.717, 1.165) is 5.56 Å². The van der Waals surface area contributed by atoms with Gasteiger partial charge in [0.15, 0.2) is 0 Å². The Morgan fingerprint density at radius 1 is 1.30 bits per heavy atom. The van der Waals surface area contributed by atoms with Crippen LogP contribution in [0.25, 0.3) is 0 Å². The zero-order valence-electron chi connectivity index (χ0n) is 6.11. The van der Waals surface area contributed by atoms with E-state index in [4.69, 9.17) is 23.2 Å². The summed E-state index contributed by atoms with van der Waals surface area (Å²) in [5.41, 5.74) is 0.873. The van der Waals surface area contributed by atoms with Crippen molar-refractivity contribution in [3.8, 4) is 0 Å². The maximum absolute atomic E-state index is 5.60. The molecular formula is C6H9Cl2NS. The summed E-state index contributed by atoms with van der Waals surface area (Å²) in [6, 6.07) is 0. The van der Waals surface area contributed by atoms with Gasteiger partial charge in [-0.1, -0.05) is 37.0 Å². The second-order valence-corrected chi connectivity index (χ2v) is 3.11. The number of hydrogen-bond acceptors (Lipinski definition) is 2. The molecule has 0 aliphatic carbocycles. The van der Waals surface area contributed by atoms with E-state index in [2.05, 4.69) is 4.37 Å². The van der Waals surface area contributed by atoms with Crippen LogP contribution in [-0.2, 0) is 0 Å². The Labute approximate surface area is 75.1 Å². The van der Waals surface area contributed by atoms with Crippen molar-refractivity contribution in [2.45, 2.75) is 20.8 Å². The van der Waals surface area contributed by atoms with Crippen molar-refractivity contribution >= 4 is 34.7 Å². The van der Waals surface area contributed by atoms with Gasteiger partial charge in [-0.2, -0.15) is 4.37 Å². The molecule has 0 saturated carbocycles. The van der Waals surface area contributed by atoms with Crippen LogP contribution in [0.3, 0.4) is 0 Å². The fourth-order valence-corrected chi connectivity index (χ4v) is 1.32. The summed E-state index contributed by atoms with van der Waals surface area (Å²) in [5.74, 6) is 0. The Balaban J connectivity index is 0.000000371. The predicted molar refractivity (Wildman–Crippen MR) is 48.2 cm³/mol. The van der Waals surface area contributed by atoms with Crippen LogP contribution in [0.5, 0.6) is 0 Å². The fraction of sp³-hybridized carbons (Fsp3) is 0.500. The Kier molecular flexibility index (Phi) is 5.04. The van der Waals surface area contributed by atoms with Crippen molar-refractivity contribution in [3.05, 3.63) is 15.1 Å². The minimum atomic E-state index is 0.514. The lowest BCUT2D eigenvalue weighted by Crippen LogP contribution is -1.63. The molecule has 0 fully saturated rings. The third-order valence-corrected chi connectivity index (χ3v) is 2.51. The molecule has 4 heteroatoms. The predicted octanol–water partition coefficient (Wildman–Crippen LogP) is 3.78. The minimum absolute atomic E-state index is 0.514. The average Bonchev–Trinajstić information content (AvgIpc) is 2.25. The van der Waals surface area contributed by atoms with Gasteiger partial charge in [0.2, 0.25) is 0 Å². The molecule has 0 amide bonds. The van der Waals surface area contributed by atoms with E-state index in [1.807, 2.05) is 20.8 Å². The first kappa shape index (κ1) is 10.2. The molecule has 0 atom stereocenters. The van der Waals surface area contributed by atoms with Gasteiger partial charge in [0.1, 0.15) is 9.49 Å². The summed E-state index contributed by atoms with van der Waals surface area (Å²) in [5, 5.41) is 0.514. The molecule has 0 unspecified atom stereocenters. The summed E-state index contributed by atoms with van der Waals surface area (Å²) >= 11 is 12.4. The monoisotopic (exact) mass is 197 g/mol. The topological polar surface area (TPSA) is 12.9 Å². The van der Waals surface area contributed by atoms with E-state index < -0.39 is 0 Å². The van der Waals surface area contributed by atoms with Gasteiger partial charge in [-0.15, -0.1) is 0 Å². The minimum Gasteiger partial charge on any atom is -0.179 e. The van der Waals surface area contributed by atoms with Crippen LogP contribution in [0.4, 0.5) is 0 Å². The number of halogens is 2. The maximum atomic E-state index is 5.60. The molecule has 0 aliphatic rings. The highest BCUT2D eigenvalue weighted by atomic mass is 35.5. The zero-order valence-corrected chi connectivity index (χ0v) is 8.44. The Bertz CT molecular complexity index is 178. The van der Waals surface area contributed by atoms with Gasteiger partial charge in [0, 0.05) is 5.56 Å². The van der Waals surface area contributed by atoms with Crippen LogP contribution in [0.15, 0.2) is 0 Å².